The van der Waals surface area contributed by atoms with Crippen molar-refractivity contribution in [2.75, 3.05) is 4.90 Å². The van der Waals surface area contributed by atoms with Crippen LogP contribution in [0.5, 0.6) is 0 Å². The molecule has 22 heavy (non-hydrogen) atoms. The van der Waals surface area contributed by atoms with E-state index in [1.54, 1.807) is 0 Å². The highest BCUT2D eigenvalue weighted by Crippen LogP contribution is 2.51. The van der Waals surface area contributed by atoms with Crippen LogP contribution in [0.4, 0.5) is 5.69 Å². The second-order valence-electron chi connectivity index (χ2n) is 6.07. The van der Waals surface area contributed by atoms with Crippen LogP contribution in [-0.2, 0) is 9.59 Å². The summed E-state index contributed by atoms with van der Waals surface area (Å²) in [7, 11) is 0. The average molecular weight is 357 g/mol. The Morgan fingerprint density at radius 3 is 1.82 bits per heavy atom. The summed E-state index contributed by atoms with van der Waals surface area (Å²) in [6.07, 6.45) is 6.09. The molecule has 114 valence electrons. The van der Waals surface area contributed by atoms with Crippen molar-refractivity contribution in [1.29, 1.82) is 0 Å². The van der Waals surface area contributed by atoms with E-state index < -0.39 is 0 Å². The van der Waals surface area contributed by atoms with Crippen LogP contribution in [0.15, 0.2) is 24.3 Å². The summed E-state index contributed by atoms with van der Waals surface area (Å²) in [5.41, 5.74) is 0.333. The molecule has 0 spiro atoms. The Kier molecular flexibility index (Phi) is 3.30. The summed E-state index contributed by atoms with van der Waals surface area (Å²) in [6.45, 7) is 0. The van der Waals surface area contributed by atoms with Crippen LogP contribution in [0.2, 0.25) is 15.1 Å². The molecular weight excluding hydrogens is 345 g/mol. The predicted octanol–water partition coefficient (Wildman–Crippen LogP) is 4.35. The number of nitrogens with zero attached hydrogens (tertiary/aromatic N) is 1. The Morgan fingerprint density at radius 2 is 1.32 bits per heavy atom. The number of rotatable bonds is 1. The minimum absolute atomic E-state index is 0.151. The number of halogens is 3. The number of benzene rings is 1. The number of hydrogen-bond donors (Lipinski definition) is 0. The molecule has 0 N–H and O–H groups in total. The van der Waals surface area contributed by atoms with Crippen molar-refractivity contribution in [1.82, 2.24) is 0 Å². The standard InChI is InChI=1S/C16H12Cl3NO2/c17-9-5-11(19)12(6-10(9)18)20-15(21)13-7-1-2-8(4-3-7)14(13)16(20)22/h1-2,5-8,13-14H,3-4H2. The number of anilines is 1. The van der Waals surface area contributed by atoms with Crippen LogP contribution in [-0.4, -0.2) is 11.8 Å². The Labute approximate surface area is 142 Å². The number of imide groups is 1. The molecular formula is C16H12Cl3NO2. The maximum absolute atomic E-state index is 12.8. The van der Waals surface area contributed by atoms with Gasteiger partial charge in [0.1, 0.15) is 0 Å². The summed E-state index contributed by atoms with van der Waals surface area (Å²) < 4.78 is 0. The molecule has 1 saturated heterocycles. The fourth-order valence-corrected chi connectivity index (χ4v) is 4.62. The van der Waals surface area contributed by atoms with Gasteiger partial charge >= 0.3 is 0 Å². The predicted molar refractivity (Wildman–Crippen MR) is 86.3 cm³/mol. The third-order valence-electron chi connectivity index (χ3n) is 4.99. The number of allylic oxidation sites excluding steroid dienone is 2. The fraction of sp³-hybridized carbons (Fsp3) is 0.375. The van der Waals surface area contributed by atoms with E-state index in [0.29, 0.717) is 10.7 Å². The van der Waals surface area contributed by atoms with E-state index in [0.717, 1.165) is 12.8 Å². The molecule has 0 radical (unpaired) electrons. The fourth-order valence-electron chi connectivity index (χ4n) is 4.00. The highest BCUT2D eigenvalue weighted by molar-refractivity contribution is 6.44. The van der Waals surface area contributed by atoms with E-state index in [2.05, 4.69) is 12.2 Å². The third-order valence-corrected chi connectivity index (χ3v) is 6.01. The number of amides is 2. The molecule has 4 aliphatic rings. The Balaban J connectivity index is 1.80. The molecule has 1 aliphatic heterocycles. The first-order chi connectivity index (χ1) is 10.5. The zero-order valence-corrected chi connectivity index (χ0v) is 13.7. The highest BCUT2D eigenvalue weighted by atomic mass is 35.5. The van der Waals surface area contributed by atoms with Gasteiger partial charge in [0.25, 0.3) is 0 Å². The molecule has 1 heterocycles. The topological polar surface area (TPSA) is 37.4 Å². The second-order valence-corrected chi connectivity index (χ2v) is 7.29. The molecule has 6 heteroatoms. The van der Waals surface area contributed by atoms with Gasteiger partial charge < -0.3 is 0 Å². The maximum Gasteiger partial charge on any atom is 0.238 e. The van der Waals surface area contributed by atoms with Gasteiger partial charge in [0.2, 0.25) is 11.8 Å². The van der Waals surface area contributed by atoms with E-state index >= 15 is 0 Å². The first-order valence-electron chi connectivity index (χ1n) is 7.19. The largest absolute Gasteiger partial charge is 0.274 e. The van der Waals surface area contributed by atoms with Gasteiger partial charge in [-0.3, -0.25) is 9.59 Å². The van der Waals surface area contributed by atoms with Crippen LogP contribution in [0.25, 0.3) is 0 Å². The summed E-state index contributed by atoms with van der Waals surface area (Å²) in [6, 6.07) is 2.96. The van der Waals surface area contributed by atoms with Crippen molar-refractivity contribution in [3.63, 3.8) is 0 Å². The molecule has 4 unspecified atom stereocenters. The summed E-state index contributed by atoms with van der Waals surface area (Å²) in [5.74, 6) is -0.566. The minimum Gasteiger partial charge on any atom is -0.274 e. The van der Waals surface area contributed by atoms with Crippen LogP contribution in [0.1, 0.15) is 12.8 Å². The molecule has 0 aromatic heterocycles. The van der Waals surface area contributed by atoms with E-state index in [1.807, 2.05) is 0 Å². The van der Waals surface area contributed by atoms with Crippen molar-refractivity contribution >= 4 is 52.3 Å². The lowest BCUT2D eigenvalue weighted by Gasteiger charge is -2.38. The van der Waals surface area contributed by atoms with E-state index in [4.69, 9.17) is 34.8 Å². The number of carbonyl (C=O) groups is 2. The molecule has 2 fully saturated rings. The third kappa shape index (κ3) is 1.89. The lowest BCUT2D eigenvalue weighted by atomic mass is 9.63. The van der Waals surface area contributed by atoms with Gasteiger partial charge in [-0.05, 0) is 36.8 Å². The van der Waals surface area contributed by atoms with Gasteiger partial charge in [-0.15, -0.1) is 0 Å². The van der Waals surface area contributed by atoms with Gasteiger partial charge in [-0.1, -0.05) is 47.0 Å². The van der Waals surface area contributed by atoms with Crippen LogP contribution in [0, 0.1) is 23.7 Å². The normalized spacial score (nSPS) is 32.8. The van der Waals surface area contributed by atoms with E-state index in [9.17, 15) is 9.59 Å². The first-order valence-corrected chi connectivity index (χ1v) is 8.33. The van der Waals surface area contributed by atoms with Crippen LogP contribution >= 0.6 is 34.8 Å². The summed E-state index contributed by atoms with van der Waals surface area (Å²) in [5, 5.41) is 0.835. The molecule has 3 aliphatic carbocycles. The molecule has 2 bridgehead atoms. The van der Waals surface area contributed by atoms with Crippen molar-refractivity contribution in [2.45, 2.75) is 12.8 Å². The van der Waals surface area contributed by atoms with Crippen molar-refractivity contribution < 1.29 is 9.59 Å². The number of hydrogen-bond acceptors (Lipinski definition) is 2. The lowest BCUT2D eigenvalue weighted by molar-refractivity contribution is -0.124. The number of carbonyl (C=O) groups excluding carboxylic acids is 2. The molecule has 3 nitrogen and oxygen atoms in total. The van der Waals surface area contributed by atoms with Gasteiger partial charge in [-0.2, -0.15) is 0 Å². The average Bonchev–Trinajstić information content (AvgIpc) is 2.78. The maximum atomic E-state index is 12.8. The van der Waals surface area contributed by atoms with Gasteiger partial charge in [0.15, 0.2) is 0 Å². The summed E-state index contributed by atoms with van der Waals surface area (Å²) in [4.78, 5) is 26.9. The quantitative estimate of drug-likeness (QED) is 0.426. The van der Waals surface area contributed by atoms with Gasteiger partial charge in [-0.25, -0.2) is 4.90 Å². The first kappa shape index (κ1) is 14.6. The van der Waals surface area contributed by atoms with Crippen molar-refractivity contribution in [3.05, 3.63) is 39.4 Å². The zero-order valence-electron chi connectivity index (χ0n) is 11.4. The van der Waals surface area contributed by atoms with Gasteiger partial charge in [0, 0.05) is 0 Å². The highest BCUT2D eigenvalue weighted by Gasteiger charge is 2.57. The lowest BCUT2D eigenvalue weighted by Crippen LogP contribution is -2.38. The van der Waals surface area contributed by atoms with Crippen molar-refractivity contribution in [3.8, 4) is 0 Å². The zero-order chi connectivity index (χ0) is 15.6. The smallest absolute Gasteiger partial charge is 0.238 e. The minimum atomic E-state index is -0.262. The second kappa shape index (κ2) is 4.98. The van der Waals surface area contributed by atoms with Gasteiger partial charge in [0.05, 0.1) is 32.6 Å². The molecule has 1 aromatic rings. The monoisotopic (exact) mass is 355 g/mol. The van der Waals surface area contributed by atoms with Crippen molar-refractivity contribution in [2.24, 2.45) is 23.7 Å². The molecule has 4 atom stereocenters. The molecule has 2 amide bonds. The van der Waals surface area contributed by atoms with E-state index in [-0.39, 0.29) is 45.5 Å². The molecule has 5 rings (SSSR count). The Bertz CT molecular complexity index is 698. The Morgan fingerprint density at radius 1 is 0.818 bits per heavy atom. The molecule has 1 saturated carbocycles. The molecule has 1 aromatic carbocycles. The van der Waals surface area contributed by atoms with Crippen LogP contribution in [0.3, 0.4) is 0 Å². The Hall–Kier alpha value is -1.03. The van der Waals surface area contributed by atoms with E-state index in [1.165, 1.54) is 17.0 Å². The SMILES string of the molecule is O=C1C2C3C=CC(CC3)C2C(=O)N1c1cc(Cl)c(Cl)cc1Cl. The van der Waals surface area contributed by atoms with Crippen LogP contribution < -0.4 is 4.90 Å². The number of fused-ring (bicyclic) bond motifs is 1. The summed E-state index contributed by atoms with van der Waals surface area (Å²) >= 11 is 18.2.